The minimum absolute atomic E-state index is 0.0778. The summed E-state index contributed by atoms with van der Waals surface area (Å²) in [6, 6.07) is 3.36. The number of halogens is 1. The van der Waals surface area contributed by atoms with E-state index in [2.05, 4.69) is 11.9 Å². The highest BCUT2D eigenvalue weighted by Crippen LogP contribution is 2.18. The molecule has 1 aromatic rings. The Morgan fingerprint density at radius 2 is 2.29 bits per heavy atom. The number of rotatable bonds is 5. The minimum atomic E-state index is -0.0778. The number of aliphatic hydroxyl groups is 1. The van der Waals surface area contributed by atoms with Crippen LogP contribution in [-0.2, 0) is 6.61 Å². The van der Waals surface area contributed by atoms with Crippen molar-refractivity contribution in [2.24, 2.45) is 0 Å². The van der Waals surface area contributed by atoms with Crippen LogP contribution in [0.15, 0.2) is 12.1 Å². The summed E-state index contributed by atoms with van der Waals surface area (Å²) in [6.07, 6.45) is 2.04. The van der Waals surface area contributed by atoms with Gasteiger partial charge in [0.1, 0.15) is 5.15 Å². The third-order valence-electron chi connectivity index (χ3n) is 1.81. The molecule has 0 atom stereocenters. The molecule has 0 unspecified atom stereocenters. The van der Waals surface area contributed by atoms with Crippen molar-refractivity contribution in [2.45, 2.75) is 26.4 Å². The lowest BCUT2D eigenvalue weighted by Gasteiger charge is -2.08. The van der Waals surface area contributed by atoms with Crippen LogP contribution < -0.4 is 4.74 Å². The van der Waals surface area contributed by atoms with E-state index in [1.54, 1.807) is 12.1 Å². The van der Waals surface area contributed by atoms with Crippen LogP contribution in [0.25, 0.3) is 0 Å². The number of pyridine rings is 1. The first-order valence-electron chi connectivity index (χ1n) is 4.67. The van der Waals surface area contributed by atoms with E-state index in [1.165, 1.54) is 0 Å². The number of aliphatic hydroxyl groups excluding tert-OH is 1. The van der Waals surface area contributed by atoms with Gasteiger partial charge in [-0.15, -0.1) is 0 Å². The van der Waals surface area contributed by atoms with Crippen LogP contribution in [0, 0.1) is 0 Å². The normalized spacial score (nSPS) is 10.2. The van der Waals surface area contributed by atoms with E-state index in [-0.39, 0.29) is 6.61 Å². The molecule has 0 aromatic carbocycles. The second kappa shape index (κ2) is 5.83. The minimum Gasteiger partial charge on any atom is -0.477 e. The molecule has 0 saturated carbocycles. The molecular weight excluding hydrogens is 202 g/mol. The molecule has 4 heteroatoms. The van der Waals surface area contributed by atoms with Gasteiger partial charge in [0, 0.05) is 5.56 Å². The van der Waals surface area contributed by atoms with Gasteiger partial charge >= 0.3 is 0 Å². The van der Waals surface area contributed by atoms with Gasteiger partial charge in [-0.25, -0.2) is 4.98 Å². The Kier molecular flexibility index (Phi) is 4.70. The Morgan fingerprint density at radius 3 is 2.93 bits per heavy atom. The van der Waals surface area contributed by atoms with E-state index in [0.717, 1.165) is 12.8 Å². The maximum absolute atomic E-state index is 9.00. The third-order valence-corrected chi connectivity index (χ3v) is 2.02. The van der Waals surface area contributed by atoms with Gasteiger partial charge < -0.3 is 9.84 Å². The van der Waals surface area contributed by atoms with Crippen molar-refractivity contribution in [1.82, 2.24) is 4.98 Å². The van der Waals surface area contributed by atoms with Gasteiger partial charge in [0.15, 0.2) is 0 Å². The third kappa shape index (κ3) is 3.16. The van der Waals surface area contributed by atoms with Crippen molar-refractivity contribution < 1.29 is 9.84 Å². The molecule has 0 aliphatic carbocycles. The summed E-state index contributed by atoms with van der Waals surface area (Å²) in [5.41, 5.74) is 0.672. The predicted molar refractivity (Wildman–Crippen MR) is 55.6 cm³/mol. The molecule has 3 nitrogen and oxygen atoms in total. The molecule has 0 aliphatic heterocycles. The highest BCUT2D eigenvalue weighted by atomic mass is 35.5. The van der Waals surface area contributed by atoms with Gasteiger partial charge in [-0.1, -0.05) is 24.9 Å². The number of ether oxygens (including phenoxy) is 1. The fourth-order valence-corrected chi connectivity index (χ4v) is 1.14. The molecule has 1 rings (SSSR count). The van der Waals surface area contributed by atoms with E-state index < -0.39 is 0 Å². The molecule has 0 aliphatic rings. The number of unbranched alkanes of at least 4 members (excludes halogenated alkanes) is 1. The van der Waals surface area contributed by atoms with Crippen LogP contribution in [0.5, 0.6) is 5.88 Å². The van der Waals surface area contributed by atoms with Gasteiger partial charge in [0.05, 0.1) is 13.2 Å². The second-order valence-corrected chi connectivity index (χ2v) is 3.35. The first-order chi connectivity index (χ1) is 6.77. The van der Waals surface area contributed by atoms with Crippen molar-refractivity contribution in [3.63, 3.8) is 0 Å². The summed E-state index contributed by atoms with van der Waals surface area (Å²) in [4.78, 5) is 4.00. The van der Waals surface area contributed by atoms with E-state index in [0.29, 0.717) is 23.2 Å². The van der Waals surface area contributed by atoms with Crippen LogP contribution in [-0.4, -0.2) is 16.7 Å². The van der Waals surface area contributed by atoms with E-state index in [4.69, 9.17) is 21.4 Å². The van der Waals surface area contributed by atoms with Crippen LogP contribution in [0.1, 0.15) is 25.3 Å². The average Bonchev–Trinajstić information content (AvgIpc) is 2.19. The molecule has 0 amide bonds. The number of hydrogen-bond donors (Lipinski definition) is 1. The standard InChI is InChI=1S/C10H14ClNO2/c1-2-3-6-14-10-8(7-13)4-5-9(11)12-10/h4-5,13H,2-3,6-7H2,1H3. The molecule has 1 N–H and O–H groups in total. The lowest BCUT2D eigenvalue weighted by atomic mass is 10.3. The number of nitrogens with zero attached hydrogens (tertiary/aromatic N) is 1. The summed E-state index contributed by atoms with van der Waals surface area (Å²) in [5.74, 6) is 0.438. The fraction of sp³-hybridized carbons (Fsp3) is 0.500. The van der Waals surface area contributed by atoms with Crippen molar-refractivity contribution in [2.75, 3.05) is 6.61 Å². The zero-order valence-corrected chi connectivity index (χ0v) is 8.92. The van der Waals surface area contributed by atoms with Crippen LogP contribution in [0.2, 0.25) is 5.15 Å². The lowest BCUT2D eigenvalue weighted by Crippen LogP contribution is -2.02. The molecule has 78 valence electrons. The van der Waals surface area contributed by atoms with Crippen LogP contribution in [0.3, 0.4) is 0 Å². The van der Waals surface area contributed by atoms with Crippen molar-refractivity contribution in [3.8, 4) is 5.88 Å². The second-order valence-electron chi connectivity index (χ2n) is 2.96. The van der Waals surface area contributed by atoms with Gasteiger partial charge in [-0.05, 0) is 18.6 Å². The van der Waals surface area contributed by atoms with Crippen molar-refractivity contribution in [1.29, 1.82) is 0 Å². The summed E-state index contributed by atoms with van der Waals surface area (Å²) in [7, 11) is 0. The predicted octanol–water partition coefficient (Wildman–Crippen LogP) is 2.41. The molecule has 0 radical (unpaired) electrons. The fourth-order valence-electron chi connectivity index (χ4n) is 1.01. The highest BCUT2D eigenvalue weighted by molar-refractivity contribution is 6.29. The smallest absolute Gasteiger partial charge is 0.220 e. The van der Waals surface area contributed by atoms with Gasteiger partial charge in [-0.3, -0.25) is 0 Å². The zero-order valence-electron chi connectivity index (χ0n) is 8.16. The molecule has 0 saturated heterocycles. The maximum atomic E-state index is 9.00. The SMILES string of the molecule is CCCCOc1nc(Cl)ccc1CO. The Balaban J connectivity index is 2.67. The van der Waals surface area contributed by atoms with Gasteiger partial charge in [0.2, 0.25) is 5.88 Å². The van der Waals surface area contributed by atoms with Gasteiger partial charge in [-0.2, -0.15) is 0 Å². The monoisotopic (exact) mass is 215 g/mol. The van der Waals surface area contributed by atoms with Crippen molar-refractivity contribution in [3.05, 3.63) is 22.8 Å². The van der Waals surface area contributed by atoms with Crippen LogP contribution in [0.4, 0.5) is 0 Å². The summed E-state index contributed by atoms with van der Waals surface area (Å²) in [6.45, 7) is 2.62. The first kappa shape index (κ1) is 11.3. The number of aromatic nitrogens is 1. The first-order valence-corrected chi connectivity index (χ1v) is 5.04. The zero-order chi connectivity index (χ0) is 10.4. The Labute approximate surface area is 88.7 Å². The topological polar surface area (TPSA) is 42.4 Å². The lowest BCUT2D eigenvalue weighted by molar-refractivity contribution is 0.255. The largest absolute Gasteiger partial charge is 0.477 e. The summed E-state index contributed by atoms with van der Waals surface area (Å²) < 4.78 is 5.39. The molecule has 14 heavy (non-hydrogen) atoms. The quantitative estimate of drug-likeness (QED) is 0.606. The summed E-state index contributed by atoms with van der Waals surface area (Å²) >= 11 is 5.71. The van der Waals surface area contributed by atoms with E-state index in [1.807, 2.05) is 0 Å². The Morgan fingerprint density at radius 1 is 1.50 bits per heavy atom. The molecule has 0 bridgehead atoms. The molecule has 1 heterocycles. The number of hydrogen-bond acceptors (Lipinski definition) is 3. The van der Waals surface area contributed by atoms with Crippen molar-refractivity contribution >= 4 is 11.6 Å². The average molecular weight is 216 g/mol. The Hall–Kier alpha value is -0.800. The van der Waals surface area contributed by atoms with Crippen LogP contribution >= 0.6 is 11.6 Å². The summed E-state index contributed by atoms with van der Waals surface area (Å²) in [5, 5.41) is 9.39. The van der Waals surface area contributed by atoms with Gasteiger partial charge in [0.25, 0.3) is 0 Å². The van der Waals surface area contributed by atoms with E-state index in [9.17, 15) is 0 Å². The molecule has 0 spiro atoms. The highest BCUT2D eigenvalue weighted by Gasteiger charge is 2.04. The van der Waals surface area contributed by atoms with E-state index >= 15 is 0 Å². The Bertz CT molecular complexity index is 291. The molecule has 1 aromatic heterocycles. The molecule has 0 fully saturated rings. The maximum Gasteiger partial charge on any atom is 0.220 e. The molecular formula is C10H14ClNO2.